The Bertz CT molecular complexity index is 1110. The number of carbonyl (C=O) groups is 2. The van der Waals surface area contributed by atoms with E-state index < -0.39 is 28.5 Å². The van der Waals surface area contributed by atoms with Crippen molar-refractivity contribution in [1.82, 2.24) is 10.2 Å². The number of rotatable bonds is 11. The fourth-order valence-electron chi connectivity index (χ4n) is 3.25. The van der Waals surface area contributed by atoms with Crippen LogP contribution in [0, 0.1) is 5.92 Å². The number of halogens is 1. The number of ether oxygens (including phenoxy) is 1. The van der Waals surface area contributed by atoms with E-state index in [-0.39, 0.29) is 18.4 Å². The lowest BCUT2D eigenvalue weighted by molar-refractivity contribution is -0.139. The summed E-state index contributed by atoms with van der Waals surface area (Å²) in [6.45, 7) is 5.72. The molecule has 0 aliphatic rings. The van der Waals surface area contributed by atoms with Gasteiger partial charge < -0.3 is 15.0 Å². The summed E-state index contributed by atoms with van der Waals surface area (Å²) in [4.78, 5) is 27.8. The van der Waals surface area contributed by atoms with E-state index >= 15 is 0 Å². The average molecular weight is 555 g/mol. The lowest BCUT2D eigenvalue weighted by Crippen LogP contribution is -2.51. The molecule has 2 aromatic carbocycles. The minimum Gasteiger partial charge on any atom is -0.497 e. The number of hydrogen-bond donors (Lipinski definition) is 1. The molecule has 0 fully saturated rings. The minimum absolute atomic E-state index is 0.111. The van der Waals surface area contributed by atoms with Gasteiger partial charge in [-0.1, -0.05) is 38.1 Å². The molecule has 1 atom stereocenters. The number of benzene rings is 2. The molecule has 0 heterocycles. The van der Waals surface area contributed by atoms with E-state index in [2.05, 4.69) is 21.2 Å². The van der Waals surface area contributed by atoms with Gasteiger partial charge in [-0.2, -0.15) is 0 Å². The van der Waals surface area contributed by atoms with Crippen molar-refractivity contribution in [3.8, 4) is 5.75 Å². The summed E-state index contributed by atoms with van der Waals surface area (Å²) in [5.41, 5.74) is 1.10. The van der Waals surface area contributed by atoms with Crippen LogP contribution in [0.25, 0.3) is 0 Å². The van der Waals surface area contributed by atoms with E-state index in [1.165, 1.54) is 4.90 Å². The van der Waals surface area contributed by atoms with Gasteiger partial charge in [-0.25, -0.2) is 8.42 Å². The van der Waals surface area contributed by atoms with Crippen molar-refractivity contribution in [2.75, 3.05) is 30.8 Å². The first-order chi connectivity index (χ1) is 15.9. The molecule has 0 aliphatic carbocycles. The van der Waals surface area contributed by atoms with Crippen LogP contribution in [-0.4, -0.2) is 57.6 Å². The highest BCUT2D eigenvalue weighted by molar-refractivity contribution is 9.10. The molecule has 0 spiro atoms. The number of anilines is 1. The van der Waals surface area contributed by atoms with Crippen molar-refractivity contribution in [3.63, 3.8) is 0 Å². The van der Waals surface area contributed by atoms with Crippen molar-refractivity contribution in [2.45, 2.75) is 33.4 Å². The van der Waals surface area contributed by atoms with E-state index in [9.17, 15) is 18.0 Å². The van der Waals surface area contributed by atoms with Crippen LogP contribution in [0.15, 0.2) is 53.0 Å². The Hall–Kier alpha value is -2.59. The fourth-order valence-corrected chi connectivity index (χ4v) is 4.73. The number of nitrogens with one attached hydrogen (secondary N) is 1. The maximum absolute atomic E-state index is 13.5. The highest BCUT2D eigenvalue weighted by Gasteiger charge is 2.30. The zero-order valence-electron chi connectivity index (χ0n) is 20.1. The first kappa shape index (κ1) is 27.7. The monoisotopic (exact) mass is 553 g/mol. The third-order valence-corrected chi connectivity index (χ3v) is 6.94. The molecule has 0 bridgehead atoms. The summed E-state index contributed by atoms with van der Waals surface area (Å²) in [7, 11) is -2.24. The third kappa shape index (κ3) is 7.73. The van der Waals surface area contributed by atoms with Crippen LogP contribution in [0.3, 0.4) is 0 Å². The van der Waals surface area contributed by atoms with Gasteiger partial charge in [0.05, 0.1) is 19.1 Å². The van der Waals surface area contributed by atoms with Crippen molar-refractivity contribution >= 4 is 43.5 Å². The standard InChI is InChI=1S/C24H32BrN3O5S/c1-17(2)14-26-24(30)18(3)27(15-19-9-8-10-20(13-19)33-4)23(29)16-28(34(5,31)32)22-12-7-6-11-21(22)25/h6-13,17-18H,14-16H2,1-5H3,(H,26,30)/t18-/m0/s1. The smallest absolute Gasteiger partial charge is 0.244 e. The van der Waals surface area contributed by atoms with Gasteiger partial charge in [0.1, 0.15) is 18.3 Å². The van der Waals surface area contributed by atoms with E-state index in [1.807, 2.05) is 19.9 Å². The number of nitrogens with zero attached hydrogens (tertiary/aromatic N) is 2. The van der Waals surface area contributed by atoms with Gasteiger partial charge in [0.2, 0.25) is 21.8 Å². The molecule has 2 aromatic rings. The first-order valence-electron chi connectivity index (χ1n) is 10.9. The average Bonchev–Trinajstić information content (AvgIpc) is 2.78. The third-order valence-electron chi connectivity index (χ3n) is 5.14. The number of sulfonamides is 1. The molecule has 0 radical (unpaired) electrons. The summed E-state index contributed by atoms with van der Waals surface area (Å²) in [5.74, 6) is 0.0515. The molecule has 186 valence electrons. The lowest BCUT2D eigenvalue weighted by atomic mass is 10.1. The highest BCUT2D eigenvalue weighted by atomic mass is 79.9. The number of carbonyl (C=O) groups excluding carboxylic acids is 2. The molecular weight excluding hydrogens is 522 g/mol. The van der Waals surface area contributed by atoms with Crippen molar-refractivity contribution in [3.05, 3.63) is 58.6 Å². The largest absolute Gasteiger partial charge is 0.497 e. The Morgan fingerprint density at radius 1 is 1.09 bits per heavy atom. The number of methoxy groups -OCH3 is 1. The lowest BCUT2D eigenvalue weighted by Gasteiger charge is -2.32. The molecule has 0 aliphatic heterocycles. The van der Waals surface area contributed by atoms with Crippen LogP contribution in [0.4, 0.5) is 5.69 Å². The van der Waals surface area contributed by atoms with Crippen LogP contribution < -0.4 is 14.4 Å². The first-order valence-corrected chi connectivity index (χ1v) is 13.5. The van der Waals surface area contributed by atoms with Gasteiger partial charge in [-0.05, 0) is 58.6 Å². The number of para-hydroxylation sites is 1. The SMILES string of the molecule is COc1cccc(CN(C(=O)CN(c2ccccc2Br)S(C)(=O)=O)[C@@H](C)C(=O)NCC(C)C)c1. The number of amides is 2. The van der Waals surface area contributed by atoms with Crippen LogP contribution in [-0.2, 0) is 26.2 Å². The molecule has 0 saturated carbocycles. The Kier molecular flexibility index (Phi) is 9.93. The van der Waals surface area contributed by atoms with Gasteiger partial charge in [0, 0.05) is 17.6 Å². The van der Waals surface area contributed by atoms with Crippen molar-refractivity contribution in [1.29, 1.82) is 0 Å². The van der Waals surface area contributed by atoms with Gasteiger partial charge in [-0.15, -0.1) is 0 Å². The Morgan fingerprint density at radius 2 is 1.76 bits per heavy atom. The highest BCUT2D eigenvalue weighted by Crippen LogP contribution is 2.28. The molecule has 34 heavy (non-hydrogen) atoms. The van der Waals surface area contributed by atoms with Gasteiger partial charge >= 0.3 is 0 Å². The van der Waals surface area contributed by atoms with Crippen LogP contribution in [0.5, 0.6) is 5.75 Å². The summed E-state index contributed by atoms with van der Waals surface area (Å²) >= 11 is 3.36. The zero-order valence-corrected chi connectivity index (χ0v) is 22.5. The predicted octanol–water partition coefficient (Wildman–Crippen LogP) is 3.41. The van der Waals surface area contributed by atoms with Crippen LogP contribution in [0.2, 0.25) is 0 Å². The summed E-state index contributed by atoms with van der Waals surface area (Å²) in [5, 5.41) is 2.85. The Balaban J connectivity index is 2.39. The van der Waals surface area contributed by atoms with E-state index in [4.69, 9.17) is 4.74 Å². The second-order valence-corrected chi connectivity index (χ2v) is 11.2. The molecule has 1 N–H and O–H groups in total. The second kappa shape index (κ2) is 12.2. The zero-order chi connectivity index (χ0) is 25.5. The molecule has 8 nitrogen and oxygen atoms in total. The molecule has 0 saturated heterocycles. The normalized spacial score (nSPS) is 12.2. The number of hydrogen-bond acceptors (Lipinski definition) is 5. The maximum atomic E-state index is 13.5. The van der Waals surface area contributed by atoms with Crippen molar-refractivity contribution < 1.29 is 22.7 Å². The molecule has 10 heteroatoms. The van der Waals surface area contributed by atoms with Crippen LogP contribution in [0.1, 0.15) is 26.3 Å². The van der Waals surface area contributed by atoms with Gasteiger partial charge in [-0.3, -0.25) is 13.9 Å². The van der Waals surface area contributed by atoms with Crippen LogP contribution >= 0.6 is 15.9 Å². The van der Waals surface area contributed by atoms with Gasteiger partial charge in [0.15, 0.2) is 0 Å². The van der Waals surface area contributed by atoms with E-state index in [0.29, 0.717) is 22.5 Å². The summed E-state index contributed by atoms with van der Waals surface area (Å²) in [6, 6.07) is 13.1. The maximum Gasteiger partial charge on any atom is 0.244 e. The second-order valence-electron chi connectivity index (χ2n) is 8.41. The molecule has 2 amide bonds. The molecule has 2 rings (SSSR count). The molecule has 0 aromatic heterocycles. The summed E-state index contributed by atoms with van der Waals surface area (Å²) in [6.07, 6.45) is 1.05. The minimum atomic E-state index is -3.78. The van der Waals surface area contributed by atoms with E-state index in [1.54, 1.807) is 56.5 Å². The Morgan fingerprint density at radius 3 is 2.35 bits per heavy atom. The Labute approximate surface area is 210 Å². The summed E-state index contributed by atoms with van der Waals surface area (Å²) < 4.78 is 32.1. The van der Waals surface area contributed by atoms with Gasteiger partial charge in [0.25, 0.3) is 0 Å². The molecule has 0 unspecified atom stereocenters. The predicted molar refractivity (Wildman–Crippen MR) is 137 cm³/mol. The van der Waals surface area contributed by atoms with Crippen molar-refractivity contribution in [2.24, 2.45) is 5.92 Å². The quantitative estimate of drug-likeness (QED) is 0.460. The fraction of sp³-hybridized carbons (Fsp3) is 0.417. The molecular formula is C24H32BrN3O5S. The van der Waals surface area contributed by atoms with E-state index in [0.717, 1.165) is 16.1 Å². The topological polar surface area (TPSA) is 96.0 Å².